The number of benzene rings is 2. The van der Waals surface area contributed by atoms with Gasteiger partial charge in [-0.2, -0.15) is 10.5 Å². The number of rotatable bonds is 2. The number of halogens is 1. The van der Waals surface area contributed by atoms with Crippen molar-refractivity contribution in [1.29, 1.82) is 10.5 Å². The van der Waals surface area contributed by atoms with Crippen LogP contribution in [0.3, 0.4) is 0 Å². The van der Waals surface area contributed by atoms with Crippen LogP contribution in [0.4, 0.5) is 4.39 Å². The number of ether oxygens (including phenoxy) is 1. The van der Waals surface area contributed by atoms with Crippen LogP contribution in [0.1, 0.15) is 16.7 Å². The molecule has 2 aromatic carbocycles. The molecule has 19 heavy (non-hydrogen) atoms. The fourth-order valence-electron chi connectivity index (χ4n) is 1.58. The molecule has 0 atom stereocenters. The van der Waals surface area contributed by atoms with E-state index in [0.717, 1.165) is 11.6 Å². The van der Waals surface area contributed by atoms with Gasteiger partial charge in [-0.3, -0.25) is 0 Å². The van der Waals surface area contributed by atoms with Crippen molar-refractivity contribution in [3.63, 3.8) is 0 Å². The molecule has 0 radical (unpaired) electrons. The van der Waals surface area contributed by atoms with Crippen LogP contribution in [0.2, 0.25) is 0 Å². The first kappa shape index (κ1) is 12.6. The summed E-state index contributed by atoms with van der Waals surface area (Å²) in [4.78, 5) is 0. The maximum Gasteiger partial charge on any atom is 0.145 e. The van der Waals surface area contributed by atoms with Crippen LogP contribution in [0.25, 0.3) is 0 Å². The van der Waals surface area contributed by atoms with E-state index in [-0.39, 0.29) is 11.3 Å². The molecule has 0 N–H and O–H groups in total. The Labute approximate surface area is 110 Å². The van der Waals surface area contributed by atoms with Crippen molar-refractivity contribution in [1.82, 2.24) is 0 Å². The lowest BCUT2D eigenvalue weighted by atomic mass is 10.1. The van der Waals surface area contributed by atoms with Gasteiger partial charge in [0.15, 0.2) is 0 Å². The number of hydrogen-bond donors (Lipinski definition) is 0. The Morgan fingerprint density at radius 2 is 1.68 bits per heavy atom. The fraction of sp³-hybridized carbons (Fsp3) is 0.0667. The molecule has 0 aliphatic carbocycles. The lowest BCUT2D eigenvalue weighted by molar-refractivity contribution is 0.474. The fourth-order valence-corrected chi connectivity index (χ4v) is 1.58. The Morgan fingerprint density at radius 1 is 1.00 bits per heavy atom. The minimum absolute atomic E-state index is 0.0444. The summed E-state index contributed by atoms with van der Waals surface area (Å²) < 4.78 is 18.9. The lowest BCUT2D eigenvalue weighted by Crippen LogP contribution is -1.91. The molecule has 0 heterocycles. The van der Waals surface area contributed by atoms with Crippen molar-refractivity contribution in [2.45, 2.75) is 6.92 Å². The summed E-state index contributed by atoms with van der Waals surface area (Å²) >= 11 is 0. The third-order valence-electron chi connectivity index (χ3n) is 2.55. The highest BCUT2D eigenvalue weighted by Crippen LogP contribution is 2.27. The van der Waals surface area contributed by atoms with Crippen LogP contribution in [0.5, 0.6) is 11.5 Å². The summed E-state index contributed by atoms with van der Waals surface area (Å²) in [5.41, 5.74) is 1.26. The standard InChI is InChI=1S/C15H9FN2O/c1-10-2-3-12(9-18)15(6-10)19-13-5-4-11(8-17)14(16)7-13/h2-7H,1H3. The Morgan fingerprint density at radius 3 is 2.32 bits per heavy atom. The summed E-state index contributed by atoms with van der Waals surface area (Å²) in [6.45, 7) is 1.87. The minimum Gasteiger partial charge on any atom is -0.456 e. The van der Waals surface area contributed by atoms with Crippen LogP contribution in [0.15, 0.2) is 36.4 Å². The predicted octanol–water partition coefficient (Wildman–Crippen LogP) is 3.67. The predicted molar refractivity (Wildman–Crippen MR) is 67.1 cm³/mol. The van der Waals surface area contributed by atoms with Gasteiger partial charge in [0.05, 0.1) is 11.1 Å². The summed E-state index contributed by atoms with van der Waals surface area (Å²) in [6.07, 6.45) is 0. The highest BCUT2D eigenvalue weighted by Gasteiger charge is 2.08. The van der Waals surface area contributed by atoms with Gasteiger partial charge in [-0.1, -0.05) is 6.07 Å². The van der Waals surface area contributed by atoms with Crippen LogP contribution >= 0.6 is 0 Å². The van der Waals surface area contributed by atoms with E-state index in [9.17, 15) is 4.39 Å². The van der Waals surface area contributed by atoms with E-state index in [4.69, 9.17) is 15.3 Å². The Hall–Kier alpha value is -2.85. The monoisotopic (exact) mass is 252 g/mol. The van der Waals surface area contributed by atoms with E-state index in [2.05, 4.69) is 0 Å². The molecule has 92 valence electrons. The number of nitriles is 2. The number of hydrogen-bond acceptors (Lipinski definition) is 3. The maximum absolute atomic E-state index is 13.4. The zero-order valence-corrected chi connectivity index (χ0v) is 10.1. The average molecular weight is 252 g/mol. The van der Waals surface area contributed by atoms with Crippen molar-refractivity contribution < 1.29 is 9.13 Å². The second-order valence-corrected chi connectivity index (χ2v) is 3.97. The van der Waals surface area contributed by atoms with Gasteiger partial charge < -0.3 is 4.74 Å². The van der Waals surface area contributed by atoms with E-state index in [0.29, 0.717) is 11.3 Å². The second-order valence-electron chi connectivity index (χ2n) is 3.97. The number of nitrogens with zero attached hydrogens (tertiary/aromatic N) is 2. The molecule has 0 aliphatic rings. The molecule has 2 aromatic rings. The van der Waals surface area contributed by atoms with E-state index in [1.54, 1.807) is 24.3 Å². The molecule has 0 bridgehead atoms. The third-order valence-corrected chi connectivity index (χ3v) is 2.55. The first-order valence-corrected chi connectivity index (χ1v) is 5.52. The highest BCUT2D eigenvalue weighted by molar-refractivity contribution is 5.47. The Bertz CT molecular complexity index is 711. The number of aryl methyl sites for hydroxylation is 1. The molecule has 0 aromatic heterocycles. The van der Waals surface area contributed by atoms with Crippen LogP contribution in [-0.4, -0.2) is 0 Å². The van der Waals surface area contributed by atoms with Gasteiger partial charge >= 0.3 is 0 Å². The zero-order chi connectivity index (χ0) is 13.8. The Balaban J connectivity index is 2.37. The first-order chi connectivity index (χ1) is 9.13. The largest absolute Gasteiger partial charge is 0.456 e. The minimum atomic E-state index is -0.647. The molecule has 0 saturated carbocycles. The first-order valence-electron chi connectivity index (χ1n) is 5.52. The molecule has 0 amide bonds. The lowest BCUT2D eigenvalue weighted by Gasteiger charge is -2.08. The van der Waals surface area contributed by atoms with E-state index in [1.165, 1.54) is 12.1 Å². The van der Waals surface area contributed by atoms with E-state index >= 15 is 0 Å². The summed E-state index contributed by atoms with van der Waals surface area (Å²) in [7, 11) is 0. The molecule has 2 rings (SSSR count). The zero-order valence-electron chi connectivity index (χ0n) is 10.1. The normalized spacial score (nSPS) is 9.47. The van der Waals surface area contributed by atoms with Gasteiger partial charge in [-0.05, 0) is 36.8 Å². The molecule has 0 spiro atoms. The van der Waals surface area contributed by atoms with Gasteiger partial charge in [0, 0.05) is 6.07 Å². The van der Waals surface area contributed by atoms with Crippen LogP contribution in [-0.2, 0) is 0 Å². The van der Waals surface area contributed by atoms with Crippen LogP contribution in [0, 0.1) is 35.4 Å². The molecule has 4 heteroatoms. The van der Waals surface area contributed by atoms with E-state index < -0.39 is 5.82 Å². The van der Waals surface area contributed by atoms with Gasteiger partial charge in [-0.25, -0.2) is 4.39 Å². The van der Waals surface area contributed by atoms with Crippen molar-refractivity contribution in [2.24, 2.45) is 0 Å². The van der Waals surface area contributed by atoms with Crippen LogP contribution < -0.4 is 4.74 Å². The Kier molecular flexibility index (Phi) is 3.45. The molecule has 0 saturated heterocycles. The average Bonchev–Trinajstić information content (AvgIpc) is 2.39. The molecule has 0 unspecified atom stereocenters. The van der Waals surface area contributed by atoms with Gasteiger partial charge in [0.25, 0.3) is 0 Å². The van der Waals surface area contributed by atoms with Gasteiger partial charge in [-0.15, -0.1) is 0 Å². The summed E-state index contributed by atoms with van der Waals surface area (Å²) in [6, 6.07) is 12.8. The van der Waals surface area contributed by atoms with Crippen molar-refractivity contribution in [3.05, 3.63) is 58.9 Å². The molecule has 3 nitrogen and oxygen atoms in total. The van der Waals surface area contributed by atoms with Gasteiger partial charge in [0.2, 0.25) is 0 Å². The van der Waals surface area contributed by atoms with Crippen molar-refractivity contribution in [2.75, 3.05) is 0 Å². The van der Waals surface area contributed by atoms with E-state index in [1.807, 2.05) is 13.0 Å². The SMILES string of the molecule is Cc1ccc(C#N)c(Oc2ccc(C#N)c(F)c2)c1. The third kappa shape index (κ3) is 2.70. The molecule has 0 fully saturated rings. The second kappa shape index (κ2) is 5.20. The molecular weight excluding hydrogens is 243 g/mol. The van der Waals surface area contributed by atoms with Gasteiger partial charge in [0.1, 0.15) is 29.5 Å². The quantitative estimate of drug-likeness (QED) is 0.819. The smallest absolute Gasteiger partial charge is 0.145 e. The summed E-state index contributed by atoms with van der Waals surface area (Å²) in [5.74, 6) is -0.0311. The molecule has 0 aliphatic heterocycles. The summed E-state index contributed by atoms with van der Waals surface area (Å²) in [5, 5.41) is 17.6. The van der Waals surface area contributed by atoms with Crippen molar-refractivity contribution >= 4 is 0 Å². The highest BCUT2D eigenvalue weighted by atomic mass is 19.1. The van der Waals surface area contributed by atoms with Crippen molar-refractivity contribution in [3.8, 4) is 23.6 Å². The topological polar surface area (TPSA) is 56.8 Å². The molecular formula is C15H9FN2O. The maximum atomic E-state index is 13.4.